The zero-order chi connectivity index (χ0) is 15.0. The van der Waals surface area contributed by atoms with Crippen molar-refractivity contribution in [2.24, 2.45) is 0 Å². The quantitative estimate of drug-likeness (QED) is 0.702. The lowest BCUT2D eigenvalue weighted by molar-refractivity contribution is -0.145. The van der Waals surface area contributed by atoms with Crippen LogP contribution in [0, 0.1) is 0 Å². The van der Waals surface area contributed by atoms with E-state index in [1.165, 1.54) is 0 Å². The molecule has 0 spiro atoms. The van der Waals surface area contributed by atoms with Gasteiger partial charge in [0, 0.05) is 11.0 Å². The molecular weight excluding hydrogens is 326 g/mol. The summed E-state index contributed by atoms with van der Waals surface area (Å²) in [6.45, 7) is 4.21. The molecule has 0 saturated carbocycles. The molecule has 2 unspecified atom stereocenters. The first kappa shape index (κ1) is 16.9. The Labute approximate surface area is 127 Å². The van der Waals surface area contributed by atoms with Crippen molar-refractivity contribution >= 4 is 21.9 Å². The number of halogens is 1. The van der Waals surface area contributed by atoms with Gasteiger partial charge in [-0.05, 0) is 32.0 Å². The number of hydrogen-bond acceptors (Lipinski definition) is 5. The molecule has 0 aromatic heterocycles. The smallest absolute Gasteiger partial charge is 0.322 e. The molecule has 1 rings (SSSR count). The van der Waals surface area contributed by atoms with E-state index >= 15 is 0 Å². The van der Waals surface area contributed by atoms with E-state index < -0.39 is 12.1 Å². The van der Waals surface area contributed by atoms with Crippen molar-refractivity contribution in [3.05, 3.63) is 28.7 Å². The average Bonchev–Trinajstić information content (AvgIpc) is 2.42. The van der Waals surface area contributed by atoms with Crippen molar-refractivity contribution in [1.29, 1.82) is 0 Å². The monoisotopic (exact) mass is 345 g/mol. The molecule has 2 atom stereocenters. The minimum Gasteiger partial charge on any atom is -0.491 e. The Hall–Kier alpha value is -1.11. The molecular formula is C14H20BrNO4. The van der Waals surface area contributed by atoms with Gasteiger partial charge >= 0.3 is 5.97 Å². The summed E-state index contributed by atoms with van der Waals surface area (Å²) < 4.78 is 11.2. The molecule has 0 fully saturated rings. The predicted molar refractivity (Wildman–Crippen MR) is 79.7 cm³/mol. The molecule has 1 aromatic carbocycles. The molecule has 0 bridgehead atoms. The number of nitrogens with one attached hydrogen (secondary N) is 1. The van der Waals surface area contributed by atoms with Gasteiger partial charge in [-0.15, -0.1) is 0 Å². The van der Waals surface area contributed by atoms with Crippen LogP contribution >= 0.6 is 15.9 Å². The van der Waals surface area contributed by atoms with E-state index in [4.69, 9.17) is 9.47 Å². The maximum Gasteiger partial charge on any atom is 0.322 e. The Morgan fingerprint density at radius 2 is 2.25 bits per heavy atom. The van der Waals surface area contributed by atoms with Crippen molar-refractivity contribution in [2.75, 3.05) is 19.8 Å². The van der Waals surface area contributed by atoms with Gasteiger partial charge in [0.15, 0.2) is 0 Å². The van der Waals surface area contributed by atoms with Crippen LogP contribution in [0.4, 0.5) is 0 Å². The second kappa shape index (κ2) is 8.94. The van der Waals surface area contributed by atoms with Crippen LogP contribution in [0.25, 0.3) is 0 Å². The van der Waals surface area contributed by atoms with Crippen molar-refractivity contribution < 1.29 is 19.4 Å². The fourth-order valence-corrected chi connectivity index (χ4v) is 1.85. The Morgan fingerprint density at radius 1 is 1.50 bits per heavy atom. The summed E-state index contributed by atoms with van der Waals surface area (Å²) in [6, 6.07) is 6.93. The fraction of sp³-hybridized carbons (Fsp3) is 0.500. The molecule has 1 aromatic rings. The Kier molecular flexibility index (Phi) is 7.58. The summed E-state index contributed by atoms with van der Waals surface area (Å²) in [7, 11) is 0. The number of esters is 1. The van der Waals surface area contributed by atoms with Crippen molar-refractivity contribution in [3.63, 3.8) is 0 Å². The SMILES string of the molecule is CCOC(=O)C(C)NCC(O)COc1cccc(Br)c1. The molecule has 112 valence electrons. The van der Waals surface area contributed by atoms with Crippen LogP contribution in [0.15, 0.2) is 28.7 Å². The maximum absolute atomic E-state index is 11.4. The topological polar surface area (TPSA) is 67.8 Å². The third-order valence-corrected chi connectivity index (χ3v) is 3.03. The minimum absolute atomic E-state index is 0.152. The largest absolute Gasteiger partial charge is 0.491 e. The summed E-state index contributed by atoms with van der Waals surface area (Å²) in [4.78, 5) is 11.4. The second-order valence-electron chi connectivity index (χ2n) is 4.30. The standard InChI is InChI=1S/C14H20BrNO4/c1-3-19-14(18)10(2)16-8-12(17)9-20-13-6-4-5-11(15)7-13/h4-7,10,12,16-17H,3,8-9H2,1-2H3. The number of aliphatic hydroxyl groups excluding tert-OH is 1. The molecule has 0 saturated heterocycles. The van der Waals surface area contributed by atoms with Crippen molar-refractivity contribution in [2.45, 2.75) is 26.0 Å². The van der Waals surface area contributed by atoms with Crippen molar-refractivity contribution in [1.82, 2.24) is 5.32 Å². The first-order chi connectivity index (χ1) is 9.52. The summed E-state index contributed by atoms with van der Waals surface area (Å²) >= 11 is 3.34. The highest BCUT2D eigenvalue weighted by Gasteiger charge is 2.15. The maximum atomic E-state index is 11.4. The summed E-state index contributed by atoms with van der Waals surface area (Å²) in [6.07, 6.45) is -0.703. The highest BCUT2D eigenvalue weighted by Crippen LogP contribution is 2.17. The van der Waals surface area contributed by atoms with Crippen LogP contribution < -0.4 is 10.1 Å². The first-order valence-electron chi connectivity index (χ1n) is 6.49. The van der Waals surface area contributed by atoms with Gasteiger partial charge in [0.05, 0.1) is 6.61 Å². The van der Waals surface area contributed by atoms with Crippen molar-refractivity contribution in [3.8, 4) is 5.75 Å². The number of rotatable bonds is 8. The van der Waals surface area contributed by atoms with Gasteiger partial charge in [0.2, 0.25) is 0 Å². The first-order valence-corrected chi connectivity index (χ1v) is 7.28. The van der Waals surface area contributed by atoms with E-state index in [0.717, 1.165) is 4.47 Å². The number of carbonyl (C=O) groups is 1. The normalized spacial score (nSPS) is 13.6. The number of benzene rings is 1. The summed E-state index contributed by atoms with van der Waals surface area (Å²) in [5.41, 5.74) is 0. The minimum atomic E-state index is -0.703. The summed E-state index contributed by atoms with van der Waals surface area (Å²) in [5, 5.41) is 12.7. The van der Waals surface area contributed by atoms with Gasteiger partial charge in [0.25, 0.3) is 0 Å². The number of ether oxygens (including phenoxy) is 2. The van der Waals surface area contributed by atoms with Crippen LogP contribution in [-0.2, 0) is 9.53 Å². The zero-order valence-corrected chi connectivity index (χ0v) is 13.2. The highest BCUT2D eigenvalue weighted by molar-refractivity contribution is 9.10. The fourth-order valence-electron chi connectivity index (χ4n) is 1.47. The van der Waals surface area contributed by atoms with Crippen LogP contribution in [0.1, 0.15) is 13.8 Å². The average molecular weight is 346 g/mol. The lowest BCUT2D eigenvalue weighted by atomic mass is 10.3. The Balaban J connectivity index is 2.26. The number of carbonyl (C=O) groups excluding carboxylic acids is 1. The van der Waals surface area contributed by atoms with Crippen LogP contribution in [0.2, 0.25) is 0 Å². The molecule has 0 heterocycles. The highest BCUT2D eigenvalue weighted by atomic mass is 79.9. The van der Waals surface area contributed by atoms with Crippen LogP contribution in [0.5, 0.6) is 5.75 Å². The van der Waals surface area contributed by atoms with E-state index in [0.29, 0.717) is 12.4 Å². The van der Waals surface area contributed by atoms with Gasteiger partial charge < -0.3 is 19.9 Å². The molecule has 6 heteroatoms. The number of hydrogen-bond donors (Lipinski definition) is 2. The molecule has 5 nitrogen and oxygen atoms in total. The van der Waals surface area contributed by atoms with E-state index in [-0.39, 0.29) is 19.1 Å². The van der Waals surface area contributed by atoms with Gasteiger partial charge in [-0.3, -0.25) is 4.79 Å². The molecule has 20 heavy (non-hydrogen) atoms. The van der Waals surface area contributed by atoms with Gasteiger partial charge in [-0.1, -0.05) is 22.0 Å². The lowest BCUT2D eigenvalue weighted by Gasteiger charge is -2.16. The molecule has 0 radical (unpaired) electrons. The zero-order valence-electron chi connectivity index (χ0n) is 11.6. The van der Waals surface area contributed by atoms with Crippen LogP contribution in [-0.4, -0.2) is 43.0 Å². The summed E-state index contributed by atoms with van der Waals surface area (Å²) in [5.74, 6) is 0.351. The predicted octanol–water partition coefficient (Wildman–Crippen LogP) is 1.73. The molecule has 0 aliphatic heterocycles. The van der Waals surface area contributed by atoms with Gasteiger partial charge in [0.1, 0.15) is 24.5 Å². The van der Waals surface area contributed by atoms with E-state index in [9.17, 15) is 9.90 Å². The third kappa shape index (κ3) is 6.36. The second-order valence-corrected chi connectivity index (χ2v) is 5.22. The Bertz CT molecular complexity index is 427. The molecule has 2 N–H and O–H groups in total. The third-order valence-electron chi connectivity index (χ3n) is 2.54. The lowest BCUT2D eigenvalue weighted by Crippen LogP contribution is -2.41. The number of aliphatic hydroxyl groups is 1. The Morgan fingerprint density at radius 3 is 2.90 bits per heavy atom. The van der Waals surface area contributed by atoms with E-state index in [1.807, 2.05) is 24.3 Å². The van der Waals surface area contributed by atoms with E-state index in [2.05, 4.69) is 21.2 Å². The molecule has 0 amide bonds. The molecule has 0 aliphatic carbocycles. The van der Waals surface area contributed by atoms with Gasteiger partial charge in [-0.2, -0.15) is 0 Å². The van der Waals surface area contributed by atoms with Gasteiger partial charge in [-0.25, -0.2) is 0 Å². The van der Waals surface area contributed by atoms with Crippen LogP contribution in [0.3, 0.4) is 0 Å². The van der Waals surface area contributed by atoms with E-state index in [1.54, 1.807) is 13.8 Å². The molecule has 0 aliphatic rings.